The number of thioether (sulfide) groups is 1. The van der Waals surface area contributed by atoms with Crippen LogP contribution in [0, 0.1) is 0 Å². The van der Waals surface area contributed by atoms with Crippen molar-refractivity contribution >= 4 is 27.5 Å². The summed E-state index contributed by atoms with van der Waals surface area (Å²) < 4.78 is 26.7. The number of rotatable bonds is 5. The molecule has 0 spiro atoms. The van der Waals surface area contributed by atoms with Gasteiger partial charge in [0.05, 0.1) is 4.90 Å². The lowest BCUT2D eigenvalue weighted by molar-refractivity contribution is 0.424. The van der Waals surface area contributed by atoms with Crippen LogP contribution in [0.15, 0.2) is 29.2 Å². The molecule has 1 aliphatic heterocycles. The molecule has 1 saturated heterocycles. The molecule has 1 aromatic rings. The normalized spacial score (nSPS) is 20.8. The van der Waals surface area contributed by atoms with E-state index in [-0.39, 0.29) is 0 Å². The summed E-state index contributed by atoms with van der Waals surface area (Å²) in [4.78, 5) is 0.388. The lowest BCUT2D eigenvalue weighted by atomic mass is 10.3. The Balaban J connectivity index is 2.12. The lowest BCUT2D eigenvalue weighted by Gasteiger charge is -2.29. The van der Waals surface area contributed by atoms with E-state index in [1.165, 1.54) is 0 Å². The van der Waals surface area contributed by atoms with Gasteiger partial charge in [-0.2, -0.15) is 16.1 Å². The monoisotopic (exact) mass is 314 g/mol. The predicted octanol–water partition coefficient (Wildman–Crippen LogP) is 2.63. The van der Waals surface area contributed by atoms with E-state index in [4.69, 9.17) is 0 Å². The Kier molecular flexibility index (Phi) is 5.35. The second-order valence-electron chi connectivity index (χ2n) is 5.00. The minimum atomic E-state index is -3.34. The first-order valence-corrected chi connectivity index (χ1v) is 9.48. The topological polar surface area (TPSA) is 49.4 Å². The van der Waals surface area contributed by atoms with Crippen LogP contribution in [0.25, 0.3) is 0 Å². The number of nitrogens with one attached hydrogen (secondary N) is 1. The number of benzene rings is 1. The average molecular weight is 314 g/mol. The highest BCUT2D eigenvalue weighted by Crippen LogP contribution is 2.24. The molecule has 1 heterocycles. The third-order valence-corrected chi connectivity index (χ3v) is 6.29. The predicted molar refractivity (Wildman–Crippen MR) is 85.9 cm³/mol. The van der Waals surface area contributed by atoms with E-state index in [0.717, 1.165) is 24.4 Å². The fourth-order valence-corrected chi connectivity index (χ4v) is 4.92. The molecule has 0 aliphatic carbocycles. The number of nitrogens with zero attached hydrogens (tertiary/aromatic N) is 1. The summed E-state index contributed by atoms with van der Waals surface area (Å²) in [6.07, 6.45) is 1.05. The summed E-state index contributed by atoms with van der Waals surface area (Å²) in [7, 11) is -3.34. The highest BCUT2D eigenvalue weighted by molar-refractivity contribution is 8.00. The van der Waals surface area contributed by atoms with Crippen LogP contribution in [0.3, 0.4) is 0 Å². The van der Waals surface area contributed by atoms with Gasteiger partial charge in [0.15, 0.2) is 0 Å². The Morgan fingerprint density at radius 3 is 2.65 bits per heavy atom. The molecule has 4 nitrogen and oxygen atoms in total. The molecular weight excluding hydrogens is 292 g/mol. The zero-order valence-corrected chi connectivity index (χ0v) is 13.6. The Labute approximate surface area is 126 Å². The van der Waals surface area contributed by atoms with Crippen molar-refractivity contribution in [2.45, 2.75) is 30.4 Å². The van der Waals surface area contributed by atoms with Gasteiger partial charge in [-0.05, 0) is 30.7 Å². The molecule has 1 aromatic carbocycles. The first kappa shape index (κ1) is 15.7. The van der Waals surface area contributed by atoms with E-state index in [1.54, 1.807) is 16.4 Å². The molecule has 112 valence electrons. The van der Waals surface area contributed by atoms with Crippen molar-refractivity contribution in [1.82, 2.24) is 4.31 Å². The number of anilines is 1. The SMILES string of the molecule is CCCNc1ccc(S(=O)(=O)N2CCSC(C)C2)cc1. The van der Waals surface area contributed by atoms with Gasteiger partial charge in [-0.25, -0.2) is 8.42 Å². The van der Waals surface area contributed by atoms with Crippen molar-refractivity contribution < 1.29 is 8.42 Å². The average Bonchev–Trinajstić information content (AvgIpc) is 2.45. The molecule has 1 aliphatic rings. The lowest BCUT2D eigenvalue weighted by Crippen LogP contribution is -2.40. The summed E-state index contributed by atoms with van der Waals surface area (Å²) in [5, 5.41) is 3.61. The van der Waals surface area contributed by atoms with E-state index in [9.17, 15) is 8.42 Å². The highest BCUT2D eigenvalue weighted by Gasteiger charge is 2.28. The maximum absolute atomic E-state index is 12.6. The number of hydrogen-bond acceptors (Lipinski definition) is 4. The first-order valence-electron chi connectivity index (χ1n) is 6.99. The fraction of sp³-hybridized carbons (Fsp3) is 0.571. The maximum Gasteiger partial charge on any atom is 0.243 e. The molecule has 1 fully saturated rings. The molecule has 6 heteroatoms. The summed E-state index contributed by atoms with van der Waals surface area (Å²) in [5.41, 5.74) is 0.966. The molecule has 0 bridgehead atoms. The fourth-order valence-electron chi connectivity index (χ4n) is 2.17. The Morgan fingerprint density at radius 2 is 2.05 bits per heavy atom. The standard InChI is InChI=1S/C14H22N2O2S2/c1-3-8-15-13-4-6-14(7-5-13)20(17,18)16-9-10-19-12(2)11-16/h4-7,12,15H,3,8-11H2,1-2H3. The van der Waals surface area contributed by atoms with Crippen LogP contribution in [0.1, 0.15) is 20.3 Å². The van der Waals surface area contributed by atoms with E-state index in [2.05, 4.69) is 19.2 Å². The molecule has 0 amide bonds. The summed E-state index contributed by atoms with van der Waals surface area (Å²) in [6.45, 7) is 6.27. The first-order chi connectivity index (χ1) is 9.54. The zero-order chi connectivity index (χ0) is 14.6. The third kappa shape index (κ3) is 3.68. The molecule has 1 atom stereocenters. The largest absolute Gasteiger partial charge is 0.385 e. The van der Waals surface area contributed by atoms with Gasteiger partial charge in [0.25, 0.3) is 0 Å². The van der Waals surface area contributed by atoms with Crippen LogP contribution in [0.4, 0.5) is 5.69 Å². The van der Waals surface area contributed by atoms with Crippen molar-refractivity contribution in [3.8, 4) is 0 Å². The molecular formula is C14H22N2O2S2. The van der Waals surface area contributed by atoms with Crippen molar-refractivity contribution in [3.05, 3.63) is 24.3 Å². The molecule has 0 radical (unpaired) electrons. The van der Waals surface area contributed by atoms with Crippen LogP contribution in [0.5, 0.6) is 0 Å². The van der Waals surface area contributed by atoms with E-state index >= 15 is 0 Å². The van der Waals surface area contributed by atoms with Gasteiger partial charge < -0.3 is 5.32 Å². The van der Waals surface area contributed by atoms with E-state index in [0.29, 0.717) is 23.2 Å². The van der Waals surface area contributed by atoms with Crippen LogP contribution in [-0.4, -0.2) is 43.4 Å². The van der Waals surface area contributed by atoms with E-state index in [1.807, 2.05) is 23.9 Å². The van der Waals surface area contributed by atoms with Gasteiger partial charge in [0.2, 0.25) is 10.0 Å². The molecule has 2 rings (SSSR count). The van der Waals surface area contributed by atoms with E-state index < -0.39 is 10.0 Å². The smallest absolute Gasteiger partial charge is 0.243 e. The molecule has 0 saturated carbocycles. The Morgan fingerprint density at radius 1 is 1.35 bits per heavy atom. The van der Waals surface area contributed by atoms with Crippen molar-refractivity contribution in [2.75, 3.05) is 30.7 Å². The Hall–Kier alpha value is -0.720. The van der Waals surface area contributed by atoms with Crippen molar-refractivity contribution in [2.24, 2.45) is 0 Å². The summed E-state index contributed by atoms with van der Waals surface area (Å²) >= 11 is 1.83. The minimum absolute atomic E-state index is 0.365. The van der Waals surface area contributed by atoms with Crippen LogP contribution in [-0.2, 0) is 10.0 Å². The van der Waals surface area contributed by atoms with Gasteiger partial charge in [-0.1, -0.05) is 13.8 Å². The van der Waals surface area contributed by atoms with Crippen molar-refractivity contribution in [1.29, 1.82) is 0 Å². The third-order valence-electron chi connectivity index (χ3n) is 3.28. The van der Waals surface area contributed by atoms with Gasteiger partial charge in [0.1, 0.15) is 0 Å². The molecule has 0 aromatic heterocycles. The zero-order valence-electron chi connectivity index (χ0n) is 12.0. The van der Waals surface area contributed by atoms with Gasteiger partial charge in [0, 0.05) is 36.3 Å². The maximum atomic E-state index is 12.6. The van der Waals surface area contributed by atoms with Gasteiger partial charge in [-0.15, -0.1) is 0 Å². The van der Waals surface area contributed by atoms with Gasteiger partial charge >= 0.3 is 0 Å². The Bertz CT molecular complexity index is 529. The van der Waals surface area contributed by atoms with Crippen molar-refractivity contribution in [3.63, 3.8) is 0 Å². The number of sulfonamides is 1. The molecule has 20 heavy (non-hydrogen) atoms. The van der Waals surface area contributed by atoms with Crippen LogP contribution in [0.2, 0.25) is 0 Å². The summed E-state index contributed by atoms with van der Waals surface area (Å²) in [5.74, 6) is 0.872. The second-order valence-corrected chi connectivity index (χ2v) is 8.48. The molecule has 1 unspecified atom stereocenters. The minimum Gasteiger partial charge on any atom is -0.385 e. The highest BCUT2D eigenvalue weighted by atomic mass is 32.2. The van der Waals surface area contributed by atoms with Crippen LogP contribution >= 0.6 is 11.8 Å². The second kappa shape index (κ2) is 6.83. The summed E-state index contributed by atoms with van der Waals surface area (Å²) in [6, 6.07) is 7.06. The molecule has 1 N–H and O–H groups in total. The number of hydrogen-bond donors (Lipinski definition) is 1. The van der Waals surface area contributed by atoms with Gasteiger partial charge in [-0.3, -0.25) is 0 Å². The quantitative estimate of drug-likeness (QED) is 0.908. The van der Waals surface area contributed by atoms with Crippen LogP contribution < -0.4 is 5.32 Å².